The molecule has 2 atom stereocenters. The Hall–Kier alpha value is -1.12. The molecule has 0 saturated heterocycles. The van der Waals surface area contributed by atoms with Gasteiger partial charge in [0.1, 0.15) is 6.29 Å². The highest BCUT2D eigenvalue weighted by Gasteiger charge is 2.63. The highest BCUT2D eigenvalue weighted by Crippen LogP contribution is 2.61. The zero-order chi connectivity index (χ0) is 11.6. The van der Waals surface area contributed by atoms with E-state index in [0.717, 1.165) is 6.29 Å². The van der Waals surface area contributed by atoms with Crippen LogP contribution in [-0.2, 0) is 14.3 Å². The lowest BCUT2D eigenvalue weighted by Gasteiger charge is -2.01. The molecule has 1 saturated carbocycles. The number of ether oxygens (including phenoxy) is 1. The van der Waals surface area contributed by atoms with Crippen molar-refractivity contribution in [2.24, 2.45) is 17.3 Å². The number of aldehydes is 1. The fourth-order valence-corrected chi connectivity index (χ4v) is 2.25. The first-order valence-corrected chi connectivity index (χ1v) is 5.28. The summed E-state index contributed by atoms with van der Waals surface area (Å²) in [6, 6.07) is 0. The van der Waals surface area contributed by atoms with Crippen molar-refractivity contribution in [3.8, 4) is 0 Å². The van der Waals surface area contributed by atoms with Gasteiger partial charge in [0.05, 0.1) is 12.5 Å². The van der Waals surface area contributed by atoms with Gasteiger partial charge >= 0.3 is 5.97 Å². The Morgan fingerprint density at radius 2 is 2.00 bits per heavy atom. The van der Waals surface area contributed by atoms with Gasteiger partial charge in [0.25, 0.3) is 0 Å². The molecule has 0 aromatic heterocycles. The molecule has 2 unspecified atom stereocenters. The fourth-order valence-electron chi connectivity index (χ4n) is 2.25. The minimum Gasteiger partial charge on any atom is -0.466 e. The molecule has 1 rings (SSSR count). The smallest absolute Gasteiger partial charge is 0.310 e. The maximum Gasteiger partial charge on any atom is 0.310 e. The molecule has 0 N–H and O–H groups in total. The molecule has 1 fully saturated rings. The highest BCUT2D eigenvalue weighted by molar-refractivity contribution is 5.84. The first kappa shape index (κ1) is 12.0. The Morgan fingerprint density at radius 3 is 2.40 bits per heavy atom. The van der Waals surface area contributed by atoms with Gasteiger partial charge in [-0.25, -0.2) is 0 Å². The van der Waals surface area contributed by atoms with E-state index in [9.17, 15) is 9.59 Å². The Kier molecular flexibility index (Phi) is 3.32. The molecule has 84 valence electrons. The minimum absolute atomic E-state index is 0.0269. The zero-order valence-electron chi connectivity index (χ0n) is 9.74. The Morgan fingerprint density at radius 1 is 1.40 bits per heavy atom. The Balaban J connectivity index is 2.79. The van der Waals surface area contributed by atoms with E-state index in [0.29, 0.717) is 12.2 Å². The van der Waals surface area contributed by atoms with Crippen LogP contribution in [0.4, 0.5) is 0 Å². The summed E-state index contributed by atoms with van der Waals surface area (Å²) in [5, 5.41) is 0. The van der Waals surface area contributed by atoms with E-state index in [1.807, 2.05) is 20.8 Å². The molecule has 0 bridgehead atoms. The van der Waals surface area contributed by atoms with Crippen LogP contribution < -0.4 is 0 Å². The standard InChI is InChI=1S/C12H18O3/c1-5-8(7-13)9-10(12(9,3)4)11(14)15-6-2/h5,7,9-10H,6H2,1-4H3/b8-5-. The van der Waals surface area contributed by atoms with Crippen LogP contribution >= 0.6 is 0 Å². The molecular weight excluding hydrogens is 192 g/mol. The third kappa shape index (κ3) is 1.96. The maximum atomic E-state index is 11.6. The van der Waals surface area contributed by atoms with Crippen molar-refractivity contribution in [3.05, 3.63) is 11.6 Å². The highest BCUT2D eigenvalue weighted by atomic mass is 16.5. The summed E-state index contributed by atoms with van der Waals surface area (Å²) in [6.07, 6.45) is 2.62. The second kappa shape index (κ2) is 4.17. The SMILES string of the molecule is C/C=C(/C=O)C1C(C(=O)OCC)C1(C)C. The molecule has 0 spiro atoms. The van der Waals surface area contributed by atoms with Gasteiger partial charge in [-0.2, -0.15) is 0 Å². The number of hydrogen-bond acceptors (Lipinski definition) is 3. The first-order valence-electron chi connectivity index (χ1n) is 5.28. The van der Waals surface area contributed by atoms with Crippen LogP contribution in [0.2, 0.25) is 0 Å². The second-order valence-corrected chi connectivity index (χ2v) is 4.44. The molecule has 0 heterocycles. The Bertz CT molecular complexity index is 302. The topological polar surface area (TPSA) is 43.4 Å². The second-order valence-electron chi connectivity index (χ2n) is 4.44. The van der Waals surface area contributed by atoms with Gasteiger partial charge in [0.15, 0.2) is 0 Å². The molecular formula is C12H18O3. The molecule has 3 heteroatoms. The van der Waals surface area contributed by atoms with Gasteiger partial charge in [0.2, 0.25) is 0 Å². The van der Waals surface area contributed by atoms with Gasteiger partial charge in [-0.1, -0.05) is 19.9 Å². The first-order chi connectivity index (χ1) is 7.00. The van der Waals surface area contributed by atoms with Gasteiger partial charge < -0.3 is 4.74 Å². The van der Waals surface area contributed by atoms with Gasteiger partial charge in [0, 0.05) is 5.92 Å². The van der Waals surface area contributed by atoms with Crippen LogP contribution in [0.5, 0.6) is 0 Å². The average molecular weight is 210 g/mol. The van der Waals surface area contributed by atoms with Crippen LogP contribution in [0, 0.1) is 17.3 Å². The summed E-state index contributed by atoms with van der Waals surface area (Å²) in [7, 11) is 0. The molecule has 0 amide bonds. The third-order valence-electron chi connectivity index (χ3n) is 3.20. The van der Waals surface area contributed by atoms with Crippen molar-refractivity contribution in [1.82, 2.24) is 0 Å². The number of hydrogen-bond donors (Lipinski definition) is 0. The lowest BCUT2D eigenvalue weighted by atomic mass is 10.0. The number of rotatable bonds is 4. The molecule has 3 nitrogen and oxygen atoms in total. The largest absolute Gasteiger partial charge is 0.466 e. The summed E-state index contributed by atoms with van der Waals surface area (Å²) in [6.45, 7) is 7.99. The van der Waals surface area contributed by atoms with Gasteiger partial charge in [-0.15, -0.1) is 0 Å². The molecule has 15 heavy (non-hydrogen) atoms. The summed E-state index contributed by atoms with van der Waals surface area (Å²) in [5.41, 5.74) is 0.563. The van der Waals surface area contributed by atoms with Crippen LogP contribution in [-0.4, -0.2) is 18.9 Å². The monoisotopic (exact) mass is 210 g/mol. The molecule has 0 aromatic carbocycles. The number of allylic oxidation sites excluding steroid dienone is 2. The van der Waals surface area contributed by atoms with Crippen molar-refractivity contribution in [3.63, 3.8) is 0 Å². The average Bonchev–Trinajstić information content (AvgIpc) is 2.72. The summed E-state index contributed by atoms with van der Waals surface area (Å²) < 4.78 is 4.99. The summed E-state index contributed by atoms with van der Waals surface area (Å²) in [5.74, 6) is -0.318. The molecule has 0 radical (unpaired) electrons. The van der Waals surface area contributed by atoms with Crippen molar-refractivity contribution in [2.45, 2.75) is 27.7 Å². The van der Waals surface area contributed by atoms with Crippen LogP contribution in [0.15, 0.2) is 11.6 Å². The number of carbonyl (C=O) groups excluding carboxylic acids is 2. The lowest BCUT2D eigenvalue weighted by molar-refractivity contribution is -0.145. The van der Waals surface area contributed by atoms with E-state index in [1.54, 1.807) is 13.0 Å². The summed E-state index contributed by atoms with van der Waals surface area (Å²) in [4.78, 5) is 22.4. The normalized spacial score (nSPS) is 28.4. The lowest BCUT2D eigenvalue weighted by Crippen LogP contribution is -2.10. The van der Waals surface area contributed by atoms with E-state index in [-0.39, 0.29) is 23.2 Å². The molecule has 1 aliphatic carbocycles. The van der Waals surface area contributed by atoms with E-state index < -0.39 is 0 Å². The molecule has 0 aliphatic heterocycles. The predicted octanol–water partition coefficient (Wildman–Crippen LogP) is 1.97. The predicted molar refractivity (Wildman–Crippen MR) is 57.2 cm³/mol. The van der Waals surface area contributed by atoms with Gasteiger partial charge in [-0.3, -0.25) is 9.59 Å². The molecule has 1 aliphatic rings. The fraction of sp³-hybridized carbons (Fsp3) is 0.667. The van der Waals surface area contributed by atoms with E-state index in [1.165, 1.54) is 0 Å². The zero-order valence-corrected chi connectivity index (χ0v) is 9.74. The van der Waals surface area contributed by atoms with E-state index in [4.69, 9.17) is 4.74 Å². The van der Waals surface area contributed by atoms with Crippen LogP contribution in [0.25, 0.3) is 0 Å². The summed E-state index contributed by atoms with van der Waals surface area (Å²) >= 11 is 0. The Labute approximate surface area is 90.5 Å². The minimum atomic E-state index is -0.186. The van der Waals surface area contributed by atoms with Crippen molar-refractivity contribution >= 4 is 12.3 Å². The van der Waals surface area contributed by atoms with Crippen molar-refractivity contribution in [1.29, 1.82) is 0 Å². The maximum absolute atomic E-state index is 11.6. The van der Waals surface area contributed by atoms with Gasteiger partial charge in [-0.05, 0) is 24.8 Å². The molecule has 0 aromatic rings. The van der Waals surface area contributed by atoms with Crippen LogP contribution in [0.3, 0.4) is 0 Å². The van der Waals surface area contributed by atoms with E-state index in [2.05, 4.69) is 0 Å². The van der Waals surface area contributed by atoms with Crippen molar-refractivity contribution < 1.29 is 14.3 Å². The van der Waals surface area contributed by atoms with E-state index >= 15 is 0 Å². The van der Waals surface area contributed by atoms with Crippen LogP contribution in [0.1, 0.15) is 27.7 Å². The number of carbonyl (C=O) groups is 2. The number of esters is 1. The van der Waals surface area contributed by atoms with Crippen molar-refractivity contribution in [2.75, 3.05) is 6.61 Å². The quantitative estimate of drug-likeness (QED) is 0.405. The third-order valence-corrected chi connectivity index (χ3v) is 3.20.